The summed E-state index contributed by atoms with van der Waals surface area (Å²) >= 11 is 0.753. The van der Waals surface area contributed by atoms with Crippen molar-refractivity contribution in [1.29, 1.82) is 0 Å². The summed E-state index contributed by atoms with van der Waals surface area (Å²) in [4.78, 5) is 35.2. The monoisotopic (exact) mass is 461 g/mol. The van der Waals surface area contributed by atoms with Crippen molar-refractivity contribution in [3.63, 3.8) is 0 Å². The molecule has 0 amide bonds. The van der Waals surface area contributed by atoms with Crippen molar-refractivity contribution < 1.29 is 32.4 Å². The molecule has 3 rings (SSSR count). The molecule has 0 aromatic heterocycles. The van der Waals surface area contributed by atoms with Crippen LogP contribution in [0, 0.1) is 10.1 Å². The number of hydrogen-bond acceptors (Lipinski definition) is 6. The van der Waals surface area contributed by atoms with Gasteiger partial charge in [0.25, 0.3) is 5.69 Å². The fraction of sp³-hybridized carbons (Fsp3) is 0.0909. The molecule has 0 saturated carbocycles. The van der Waals surface area contributed by atoms with Crippen molar-refractivity contribution in [3.8, 4) is 0 Å². The summed E-state index contributed by atoms with van der Waals surface area (Å²) in [6, 6.07) is 16.3. The van der Waals surface area contributed by atoms with Crippen LogP contribution in [0.15, 0.2) is 82.6 Å². The highest BCUT2D eigenvalue weighted by molar-refractivity contribution is 7.99. The van der Waals surface area contributed by atoms with Crippen LogP contribution in [0.25, 0.3) is 0 Å². The highest BCUT2D eigenvalue weighted by atomic mass is 32.2. The van der Waals surface area contributed by atoms with E-state index in [1.54, 1.807) is 36.4 Å². The van der Waals surface area contributed by atoms with E-state index in [-0.39, 0.29) is 15.4 Å². The number of halogens is 3. The molecule has 0 aliphatic carbocycles. The summed E-state index contributed by atoms with van der Waals surface area (Å²) in [5, 5.41) is 11.3. The zero-order valence-electron chi connectivity index (χ0n) is 16.2. The Kier molecular flexibility index (Phi) is 6.94. The number of ether oxygens (including phenoxy) is 1. The highest BCUT2D eigenvalue weighted by Gasteiger charge is 2.33. The van der Waals surface area contributed by atoms with Gasteiger partial charge in [-0.05, 0) is 24.3 Å². The Labute approximate surface area is 184 Å². The van der Waals surface area contributed by atoms with Crippen molar-refractivity contribution in [2.45, 2.75) is 16.0 Å². The predicted molar refractivity (Wildman–Crippen MR) is 110 cm³/mol. The topological polar surface area (TPSA) is 86.5 Å². The smallest absolute Gasteiger partial charge is 0.416 e. The van der Waals surface area contributed by atoms with E-state index in [0.29, 0.717) is 11.6 Å². The molecule has 0 unspecified atom stereocenters. The average Bonchev–Trinajstić information content (AvgIpc) is 2.77. The van der Waals surface area contributed by atoms with Crippen LogP contribution in [0.4, 0.5) is 18.9 Å². The zero-order chi connectivity index (χ0) is 23.3. The summed E-state index contributed by atoms with van der Waals surface area (Å²) in [6.07, 6.45) is -4.74. The Morgan fingerprint density at radius 3 is 2.25 bits per heavy atom. The molecule has 3 aromatic carbocycles. The maximum Gasteiger partial charge on any atom is 0.416 e. The second-order valence-electron chi connectivity index (χ2n) is 6.40. The third-order valence-corrected chi connectivity index (χ3v) is 5.38. The number of rotatable bonds is 7. The Balaban J connectivity index is 1.82. The van der Waals surface area contributed by atoms with Gasteiger partial charge >= 0.3 is 12.1 Å². The Morgan fingerprint density at radius 1 is 0.938 bits per heavy atom. The van der Waals surface area contributed by atoms with Crippen LogP contribution in [-0.4, -0.2) is 23.3 Å². The lowest BCUT2D eigenvalue weighted by atomic mass is 10.1. The van der Waals surface area contributed by atoms with E-state index in [1.165, 1.54) is 18.2 Å². The normalized spacial score (nSPS) is 11.1. The minimum absolute atomic E-state index is 0.0209. The first-order chi connectivity index (χ1) is 15.2. The van der Waals surface area contributed by atoms with Gasteiger partial charge in [0.05, 0.1) is 20.9 Å². The standard InChI is InChI=1S/C22H14F3NO5S/c23-22(24,25)15-10-11-20(17(12-15)26(29)30)32-19-9-5-4-8-16(19)21(28)31-13-18(27)14-6-2-1-3-7-14/h1-12H,13H2. The van der Waals surface area contributed by atoms with Crippen molar-refractivity contribution in [2.24, 2.45) is 0 Å². The van der Waals surface area contributed by atoms with Gasteiger partial charge in [0.1, 0.15) is 0 Å². The molecule has 3 aromatic rings. The lowest BCUT2D eigenvalue weighted by Gasteiger charge is -2.11. The van der Waals surface area contributed by atoms with Crippen LogP contribution < -0.4 is 0 Å². The second-order valence-corrected chi connectivity index (χ2v) is 7.48. The van der Waals surface area contributed by atoms with Crippen LogP contribution >= 0.6 is 11.8 Å². The number of carbonyl (C=O) groups is 2. The molecule has 0 radical (unpaired) electrons. The number of ketones is 1. The van der Waals surface area contributed by atoms with E-state index < -0.39 is 40.7 Å². The first-order valence-corrected chi connectivity index (χ1v) is 9.86. The van der Waals surface area contributed by atoms with Gasteiger partial charge in [-0.15, -0.1) is 0 Å². The second kappa shape index (κ2) is 9.65. The quantitative estimate of drug-likeness (QED) is 0.191. The van der Waals surface area contributed by atoms with Crippen LogP contribution in [0.1, 0.15) is 26.3 Å². The van der Waals surface area contributed by atoms with E-state index >= 15 is 0 Å². The number of nitro groups is 1. The summed E-state index contributed by atoms with van der Waals surface area (Å²) in [5.74, 6) is -1.26. The van der Waals surface area contributed by atoms with Crippen LogP contribution in [0.2, 0.25) is 0 Å². The maximum atomic E-state index is 12.9. The fourth-order valence-electron chi connectivity index (χ4n) is 2.68. The number of carbonyl (C=O) groups excluding carboxylic acids is 2. The van der Waals surface area contributed by atoms with Crippen LogP contribution in [-0.2, 0) is 10.9 Å². The molecule has 0 spiro atoms. The number of nitro benzene ring substituents is 1. The van der Waals surface area contributed by atoms with Gasteiger partial charge in [-0.25, -0.2) is 4.79 Å². The Hall–Kier alpha value is -3.66. The van der Waals surface area contributed by atoms with Crippen molar-refractivity contribution in [2.75, 3.05) is 6.61 Å². The van der Waals surface area contributed by atoms with Crippen molar-refractivity contribution >= 4 is 29.2 Å². The first kappa shape index (κ1) is 23.0. The minimum atomic E-state index is -4.74. The molecule has 0 bridgehead atoms. The molecule has 32 heavy (non-hydrogen) atoms. The molecule has 0 N–H and O–H groups in total. The molecule has 164 valence electrons. The van der Waals surface area contributed by atoms with Gasteiger partial charge in [0.2, 0.25) is 0 Å². The molecular weight excluding hydrogens is 447 g/mol. The fourth-order valence-corrected chi connectivity index (χ4v) is 3.70. The third-order valence-electron chi connectivity index (χ3n) is 4.24. The molecule has 0 aliphatic rings. The Bertz CT molecular complexity index is 1170. The Morgan fingerprint density at radius 2 is 1.59 bits per heavy atom. The maximum absolute atomic E-state index is 12.9. The van der Waals surface area contributed by atoms with E-state index in [1.807, 2.05) is 0 Å². The minimum Gasteiger partial charge on any atom is -0.454 e. The summed E-state index contributed by atoms with van der Waals surface area (Å²) in [7, 11) is 0. The molecule has 6 nitrogen and oxygen atoms in total. The van der Waals surface area contributed by atoms with Crippen LogP contribution in [0.5, 0.6) is 0 Å². The summed E-state index contributed by atoms with van der Waals surface area (Å²) < 4.78 is 43.8. The lowest BCUT2D eigenvalue weighted by molar-refractivity contribution is -0.388. The number of esters is 1. The predicted octanol–water partition coefficient (Wildman–Crippen LogP) is 5.80. The van der Waals surface area contributed by atoms with Crippen LogP contribution in [0.3, 0.4) is 0 Å². The van der Waals surface area contributed by atoms with Crippen molar-refractivity contribution in [3.05, 3.63) is 99.6 Å². The summed E-state index contributed by atoms with van der Waals surface area (Å²) in [5.41, 5.74) is -1.51. The molecule has 10 heteroatoms. The van der Waals surface area contributed by atoms with Gasteiger partial charge < -0.3 is 4.74 Å². The molecule has 0 atom stereocenters. The average molecular weight is 461 g/mol. The molecule has 0 heterocycles. The number of alkyl halides is 3. The lowest BCUT2D eigenvalue weighted by Crippen LogP contribution is -2.14. The van der Waals surface area contributed by atoms with E-state index in [4.69, 9.17) is 4.74 Å². The molecule has 0 saturated heterocycles. The highest BCUT2D eigenvalue weighted by Crippen LogP contribution is 2.40. The largest absolute Gasteiger partial charge is 0.454 e. The van der Waals surface area contributed by atoms with E-state index in [9.17, 15) is 32.9 Å². The first-order valence-electron chi connectivity index (χ1n) is 9.04. The number of hydrogen-bond donors (Lipinski definition) is 0. The van der Waals surface area contributed by atoms with Crippen molar-refractivity contribution in [1.82, 2.24) is 0 Å². The van der Waals surface area contributed by atoms with Gasteiger partial charge in [-0.1, -0.05) is 54.2 Å². The summed E-state index contributed by atoms with van der Waals surface area (Å²) in [6.45, 7) is -0.512. The van der Waals surface area contributed by atoms with E-state index in [2.05, 4.69) is 0 Å². The number of Topliss-reactive ketones (excluding diaryl/α,β-unsaturated/α-hetero) is 1. The van der Waals surface area contributed by atoms with Gasteiger partial charge in [-0.3, -0.25) is 14.9 Å². The molecule has 0 aliphatic heterocycles. The number of nitrogens with zero attached hydrogens (tertiary/aromatic N) is 1. The SMILES string of the molecule is O=C(COC(=O)c1ccccc1Sc1ccc(C(F)(F)F)cc1[N+](=O)[O-])c1ccccc1. The van der Waals surface area contributed by atoms with Gasteiger partial charge in [0, 0.05) is 16.5 Å². The van der Waals surface area contributed by atoms with Gasteiger partial charge in [0.15, 0.2) is 12.4 Å². The molecular formula is C22H14F3NO5S. The van der Waals surface area contributed by atoms with Gasteiger partial charge in [-0.2, -0.15) is 13.2 Å². The molecule has 0 fully saturated rings. The van der Waals surface area contributed by atoms with E-state index in [0.717, 1.165) is 23.9 Å². The number of benzene rings is 3. The third kappa shape index (κ3) is 5.52. The zero-order valence-corrected chi connectivity index (χ0v) is 17.0.